The molecule has 3 nitrogen and oxygen atoms in total. The molecule has 0 aromatic heterocycles. The Kier molecular flexibility index (Phi) is 2.99. The minimum atomic E-state index is 0.714. The van der Waals surface area contributed by atoms with Gasteiger partial charge in [0.1, 0.15) is 5.75 Å². The molecule has 0 spiro atoms. The van der Waals surface area contributed by atoms with Crippen molar-refractivity contribution >= 4 is 23.0 Å². The van der Waals surface area contributed by atoms with Crippen LogP contribution in [0.5, 0.6) is 5.75 Å². The second-order valence-corrected chi connectivity index (χ2v) is 5.14. The number of anilines is 2. The lowest BCUT2D eigenvalue weighted by molar-refractivity contribution is 0.414. The van der Waals surface area contributed by atoms with Gasteiger partial charge in [0.05, 0.1) is 12.8 Å². The number of ether oxygens (including phenoxy) is 1. The molecule has 0 aliphatic carbocycles. The average molecular weight is 275 g/mol. The van der Waals surface area contributed by atoms with Crippen molar-refractivity contribution in [3.8, 4) is 5.75 Å². The SMILES string of the molecule is COc1ccc(Cl)cc1N1Cc2ccc(N)cc2C1. The lowest BCUT2D eigenvalue weighted by atomic mass is 10.1. The Hall–Kier alpha value is -1.87. The maximum absolute atomic E-state index is 6.09. The van der Waals surface area contributed by atoms with Crippen LogP contribution in [0.15, 0.2) is 36.4 Å². The standard InChI is InChI=1S/C15H15ClN2O/c1-19-15-5-3-12(16)7-14(15)18-8-10-2-4-13(17)6-11(10)9-18/h2-7H,8-9,17H2,1H3. The van der Waals surface area contributed by atoms with Crippen molar-refractivity contribution in [2.75, 3.05) is 17.7 Å². The number of nitrogen functional groups attached to an aromatic ring is 1. The largest absolute Gasteiger partial charge is 0.495 e. The van der Waals surface area contributed by atoms with E-state index in [1.165, 1.54) is 11.1 Å². The molecule has 1 heterocycles. The molecule has 2 N–H and O–H groups in total. The molecule has 0 radical (unpaired) electrons. The minimum absolute atomic E-state index is 0.714. The number of hydrogen-bond acceptors (Lipinski definition) is 3. The van der Waals surface area contributed by atoms with E-state index in [2.05, 4.69) is 11.0 Å². The normalized spacial score (nSPS) is 13.5. The van der Waals surface area contributed by atoms with Crippen molar-refractivity contribution in [3.63, 3.8) is 0 Å². The predicted octanol–water partition coefficient (Wildman–Crippen LogP) is 3.45. The first-order valence-corrected chi connectivity index (χ1v) is 6.51. The first-order chi connectivity index (χ1) is 9.17. The summed E-state index contributed by atoms with van der Waals surface area (Å²) in [5.41, 5.74) is 10.2. The highest BCUT2D eigenvalue weighted by molar-refractivity contribution is 6.30. The molecular formula is C15H15ClN2O. The van der Waals surface area contributed by atoms with E-state index in [1.54, 1.807) is 7.11 Å². The van der Waals surface area contributed by atoms with E-state index in [0.717, 1.165) is 30.2 Å². The number of methoxy groups -OCH3 is 1. The summed E-state index contributed by atoms with van der Waals surface area (Å²) in [6, 6.07) is 11.7. The quantitative estimate of drug-likeness (QED) is 0.853. The zero-order valence-corrected chi connectivity index (χ0v) is 11.4. The molecule has 0 saturated heterocycles. The van der Waals surface area contributed by atoms with Crippen molar-refractivity contribution in [2.45, 2.75) is 13.1 Å². The Morgan fingerprint density at radius 3 is 2.68 bits per heavy atom. The van der Waals surface area contributed by atoms with Crippen molar-refractivity contribution in [1.29, 1.82) is 0 Å². The van der Waals surface area contributed by atoms with Crippen LogP contribution in [-0.4, -0.2) is 7.11 Å². The van der Waals surface area contributed by atoms with Crippen LogP contribution in [0.4, 0.5) is 11.4 Å². The zero-order chi connectivity index (χ0) is 13.4. The van der Waals surface area contributed by atoms with Gasteiger partial charge in [-0.25, -0.2) is 0 Å². The van der Waals surface area contributed by atoms with E-state index in [0.29, 0.717) is 5.02 Å². The fraction of sp³-hybridized carbons (Fsp3) is 0.200. The van der Waals surface area contributed by atoms with Crippen LogP contribution >= 0.6 is 11.6 Å². The number of nitrogens with zero attached hydrogens (tertiary/aromatic N) is 1. The summed E-state index contributed by atoms with van der Waals surface area (Å²) in [6.45, 7) is 1.68. The number of benzene rings is 2. The molecule has 0 amide bonds. The summed E-state index contributed by atoms with van der Waals surface area (Å²) in [7, 11) is 1.67. The van der Waals surface area contributed by atoms with E-state index in [4.69, 9.17) is 22.1 Å². The first-order valence-electron chi connectivity index (χ1n) is 6.13. The molecule has 0 saturated carbocycles. The van der Waals surface area contributed by atoms with Crippen LogP contribution in [0.2, 0.25) is 5.02 Å². The van der Waals surface area contributed by atoms with Gasteiger partial charge in [0.15, 0.2) is 0 Å². The third-order valence-corrected chi connectivity index (χ3v) is 3.67. The third-order valence-electron chi connectivity index (χ3n) is 3.43. The molecule has 0 atom stereocenters. The van der Waals surface area contributed by atoms with E-state index in [1.807, 2.05) is 30.3 Å². The Bertz CT molecular complexity index is 628. The highest BCUT2D eigenvalue weighted by atomic mass is 35.5. The van der Waals surface area contributed by atoms with Crippen LogP contribution in [0.3, 0.4) is 0 Å². The van der Waals surface area contributed by atoms with Gasteiger partial charge in [-0.2, -0.15) is 0 Å². The topological polar surface area (TPSA) is 38.5 Å². The van der Waals surface area contributed by atoms with Gasteiger partial charge in [0, 0.05) is 23.8 Å². The highest BCUT2D eigenvalue weighted by Crippen LogP contribution is 2.36. The minimum Gasteiger partial charge on any atom is -0.495 e. The fourth-order valence-corrected chi connectivity index (χ4v) is 2.66. The third kappa shape index (κ3) is 2.22. The Morgan fingerprint density at radius 2 is 1.89 bits per heavy atom. The summed E-state index contributed by atoms with van der Waals surface area (Å²) >= 11 is 6.09. The molecule has 4 heteroatoms. The van der Waals surface area contributed by atoms with Gasteiger partial charge in [0.2, 0.25) is 0 Å². The lowest BCUT2D eigenvalue weighted by Gasteiger charge is -2.20. The summed E-state index contributed by atoms with van der Waals surface area (Å²) in [4.78, 5) is 2.24. The molecule has 1 aliphatic rings. The van der Waals surface area contributed by atoms with E-state index in [-0.39, 0.29) is 0 Å². The van der Waals surface area contributed by atoms with Gasteiger partial charge in [-0.15, -0.1) is 0 Å². The van der Waals surface area contributed by atoms with E-state index in [9.17, 15) is 0 Å². The predicted molar refractivity (Wildman–Crippen MR) is 78.7 cm³/mol. The zero-order valence-electron chi connectivity index (χ0n) is 10.7. The average Bonchev–Trinajstić information content (AvgIpc) is 2.81. The van der Waals surface area contributed by atoms with Crippen molar-refractivity contribution in [3.05, 3.63) is 52.5 Å². The lowest BCUT2D eigenvalue weighted by Crippen LogP contribution is -2.15. The molecule has 2 aromatic carbocycles. The second kappa shape index (κ2) is 4.67. The maximum atomic E-state index is 6.09. The van der Waals surface area contributed by atoms with Crippen molar-refractivity contribution in [2.24, 2.45) is 0 Å². The number of nitrogens with two attached hydrogens (primary N) is 1. The fourth-order valence-electron chi connectivity index (χ4n) is 2.50. The van der Waals surface area contributed by atoms with Gasteiger partial charge in [0.25, 0.3) is 0 Å². The van der Waals surface area contributed by atoms with Crippen molar-refractivity contribution < 1.29 is 4.74 Å². The van der Waals surface area contributed by atoms with E-state index >= 15 is 0 Å². The molecular weight excluding hydrogens is 260 g/mol. The van der Waals surface area contributed by atoms with Gasteiger partial charge in [-0.05, 0) is 41.5 Å². The Balaban J connectivity index is 1.96. The maximum Gasteiger partial charge on any atom is 0.142 e. The molecule has 2 aromatic rings. The molecule has 0 bridgehead atoms. The van der Waals surface area contributed by atoms with Crippen molar-refractivity contribution in [1.82, 2.24) is 0 Å². The van der Waals surface area contributed by atoms with Gasteiger partial charge < -0.3 is 15.4 Å². The molecule has 19 heavy (non-hydrogen) atoms. The molecule has 98 valence electrons. The molecule has 1 aliphatic heterocycles. The van der Waals surface area contributed by atoms with Crippen LogP contribution in [-0.2, 0) is 13.1 Å². The summed E-state index contributed by atoms with van der Waals surface area (Å²) in [5.74, 6) is 0.838. The number of hydrogen-bond donors (Lipinski definition) is 1. The molecule has 3 rings (SSSR count). The first kappa shape index (κ1) is 12.2. The van der Waals surface area contributed by atoms with Crippen LogP contribution < -0.4 is 15.4 Å². The van der Waals surface area contributed by atoms with Gasteiger partial charge >= 0.3 is 0 Å². The molecule has 0 unspecified atom stereocenters. The van der Waals surface area contributed by atoms with Crippen LogP contribution in [0, 0.1) is 0 Å². The monoisotopic (exact) mass is 274 g/mol. The number of fused-ring (bicyclic) bond motifs is 1. The Morgan fingerprint density at radius 1 is 1.11 bits per heavy atom. The Labute approximate surface area is 117 Å². The summed E-state index contributed by atoms with van der Waals surface area (Å²) in [6.07, 6.45) is 0. The molecule has 0 fully saturated rings. The van der Waals surface area contributed by atoms with Crippen LogP contribution in [0.25, 0.3) is 0 Å². The highest BCUT2D eigenvalue weighted by Gasteiger charge is 2.21. The number of halogens is 1. The van der Waals surface area contributed by atoms with Gasteiger partial charge in [-0.3, -0.25) is 0 Å². The summed E-state index contributed by atoms with van der Waals surface area (Å²) < 4.78 is 5.41. The smallest absolute Gasteiger partial charge is 0.142 e. The summed E-state index contributed by atoms with van der Waals surface area (Å²) in [5, 5.41) is 0.714. The van der Waals surface area contributed by atoms with Gasteiger partial charge in [-0.1, -0.05) is 17.7 Å². The van der Waals surface area contributed by atoms with Crippen LogP contribution in [0.1, 0.15) is 11.1 Å². The second-order valence-electron chi connectivity index (χ2n) is 4.70. The van der Waals surface area contributed by atoms with E-state index < -0.39 is 0 Å². The number of rotatable bonds is 2.